The number of hydrogen-bond acceptors (Lipinski definition) is 5. The SMILES string of the molecule is Cc1csc(O[C@H]2CCC[C@@H]2NC(=O)OC(C)(C)C)n1. The van der Waals surface area contributed by atoms with E-state index in [0.717, 1.165) is 25.0 Å². The zero-order valence-corrected chi connectivity index (χ0v) is 13.3. The molecule has 0 spiro atoms. The van der Waals surface area contributed by atoms with Crippen molar-refractivity contribution in [1.29, 1.82) is 0 Å². The van der Waals surface area contributed by atoms with Gasteiger partial charge < -0.3 is 14.8 Å². The van der Waals surface area contributed by atoms with E-state index in [1.165, 1.54) is 11.3 Å². The third-order valence-corrected chi connectivity index (χ3v) is 3.85. The Hall–Kier alpha value is -1.30. The minimum atomic E-state index is -0.481. The summed E-state index contributed by atoms with van der Waals surface area (Å²) in [6.07, 6.45) is 2.48. The lowest BCUT2D eigenvalue weighted by molar-refractivity contribution is 0.0464. The number of aryl methyl sites for hydroxylation is 1. The van der Waals surface area contributed by atoms with Crippen LogP contribution in [-0.4, -0.2) is 28.8 Å². The molecular weight excluding hydrogens is 276 g/mol. The normalized spacial score (nSPS) is 22.6. The second kappa shape index (κ2) is 5.99. The summed E-state index contributed by atoms with van der Waals surface area (Å²) in [6.45, 7) is 7.50. The summed E-state index contributed by atoms with van der Waals surface area (Å²) >= 11 is 1.49. The molecule has 1 heterocycles. The number of carbonyl (C=O) groups is 1. The van der Waals surface area contributed by atoms with Crippen LogP contribution in [0.5, 0.6) is 5.19 Å². The lowest BCUT2D eigenvalue weighted by atomic mass is 10.2. The predicted octanol–water partition coefficient (Wildman–Crippen LogP) is 3.28. The van der Waals surface area contributed by atoms with Crippen molar-refractivity contribution in [3.63, 3.8) is 0 Å². The summed E-state index contributed by atoms with van der Waals surface area (Å²) in [4.78, 5) is 16.1. The monoisotopic (exact) mass is 298 g/mol. The zero-order valence-electron chi connectivity index (χ0n) is 12.4. The molecule has 1 N–H and O–H groups in total. The number of ether oxygens (including phenoxy) is 2. The standard InChI is InChI=1S/C14H22N2O3S/c1-9-8-20-13(15-9)18-11-7-5-6-10(11)16-12(17)19-14(2,3)4/h8,10-11H,5-7H2,1-4H3,(H,16,17)/t10-,11-/m0/s1. The van der Waals surface area contributed by atoms with Crippen LogP contribution in [0.25, 0.3) is 0 Å². The first-order valence-corrected chi connectivity index (χ1v) is 7.80. The fourth-order valence-electron chi connectivity index (χ4n) is 2.21. The van der Waals surface area contributed by atoms with Crippen LogP contribution >= 0.6 is 11.3 Å². The van der Waals surface area contributed by atoms with Gasteiger partial charge in [0.25, 0.3) is 5.19 Å². The fraction of sp³-hybridized carbons (Fsp3) is 0.714. The summed E-state index contributed by atoms with van der Waals surface area (Å²) in [5.74, 6) is 0. The Kier molecular flexibility index (Phi) is 4.52. The number of thiazole rings is 1. The molecule has 0 unspecified atom stereocenters. The van der Waals surface area contributed by atoms with Crippen molar-refractivity contribution in [2.75, 3.05) is 0 Å². The first-order valence-electron chi connectivity index (χ1n) is 6.92. The molecule has 0 bridgehead atoms. The summed E-state index contributed by atoms with van der Waals surface area (Å²) in [6, 6.07) is -0.00550. The van der Waals surface area contributed by atoms with E-state index < -0.39 is 5.60 Å². The maximum atomic E-state index is 11.8. The average Bonchev–Trinajstić information content (AvgIpc) is 2.87. The van der Waals surface area contributed by atoms with Gasteiger partial charge >= 0.3 is 6.09 Å². The van der Waals surface area contributed by atoms with Crippen LogP contribution in [0.2, 0.25) is 0 Å². The van der Waals surface area contributed by atoms with Crippen molar-refractivity contribution in [2.24, 2.45) is 0 Å². The van der Waals surface area contributed by atoms with E-state index >= 15 is 0 Å². The van der Waals surface area contributed by atoms with Gasteiger partial charge in [-0.25, -0.2) is 9.78 Å². The van der Waals surface area contributed by atoms with Gasteiger partial charge in [0, 0.05) is 5.38 Å². The third kappa shape index (κ3) is 4.37. The van der Waals surface area contributed by atoms with Crippen LogP contribution < -0.4 is 10.1 Å². The molecule has 1 aromatic rings. The van der Waals surface area contributed by atoms with Crippen LogP contribution in [0.15, 0.2) is 5.38 Å². The van der Waals surface area contributed by atoms with Gasteiger partial charge in [0.05, 0.1) is 11.7 Å². The van der Waals surface area contributed by atoms with E-state index in [1.807, 2.05) is 33.1 Å². The number of hydrogen-bond donors (Lipinski definition) is 1. The Morgan fingerprint density at radius 3 is 2.80 bits per heavy atom. The maximum Gasteiger partial charge on any atom is 0.408 e. The molecule has 6 heteroatoms. The van der Waals surface area contributed by atoms with Crippen molar-refractivity contribution in [2.45, 2.75) is 64.7 Å². The van der Waals surface area contributed by atoms with E-state index in [2.05, 4.69) is 10.3 Å². The molecule has 1 amide bonds. The van der Waals surface area contributed by atoms with Crippen LogP contribution in [-0.2, 0) is 4.74 Å². The quantitative estimate of drug-likeness (QED) is 0.930. The Balaban J connectivity index is 1.89. The molecule has 1 aliphatic carbocycles. The van der Waals surface area contributed by atoms with Crippen LogP contribution in [0.1, 0.15) is 45.7 Å². The molecule has 0 saturated heterocycles. The van der Waals surface area contributed by atoms with Crippen molar-refractivity contribution in [1.82, 2.24) is 10.3 Å². The number of nitrogens with zero attached hydrogens (tertiary/aromatic N) is 1. The van der Waals surface area contributed by atoms with Crippen LogP contribution in [0, 0.1) is 6.92 Å². The zero-order chi connectivity index (χ0) is 14.8. The highest BCUT2D eigenvalue weighted by Gasteiger charge is 2.32. The summed E-state index contributed by atoms with van der Waals surface area (Å²) in [5.41, 5.74) is 0.477. The highest BCUT2D eigenvalue weighted by molar-refractivity contribution is 7.11. The Morgan fingerprint density at radius 1 is 1.45 bits per heavy atom. The third-order valence-electron chi connectivity index (χ3n) is 3.00. The molecule has 5 nitrogen and oxygen atoms in total. The van der Waals surface area contributed by atoms with Gasteiger partial charge in [-0.3, -0.25) is 0 Å². The topological polar surface area (TPSA) is 60.5 Å². The lowest BCUT2D eigenvalue weighted by Gasteiger charge is -2.24. The van der Waals surface area contributed by atoms with Crippen molar-refractivity contribution < 1.29 is 14.3 Å². The molecule has 20 heavy (non-hydrogen) atoms. The smallest absolute Gasteiger partial charge is 0.408 e. The van der Waals surface area contributed by atoms with Gasteiger partial charge in [0.1, 0.15) is 11.7 Å². The molecule has 2 atom stereocenters. The molecule has 2 rings (SSSR count). The minimum absolute atomic E-state index is 0.00550. The Morgan fingerprint density at radius 2 is 2.20 bits per heavy atom. The predicted molar refractivity (Wildman–Crippen MR) is 78.3 cm³/mol. The van der Waals surface area contributed by atoms with Gasteiger partial charge in [-0.05, 0) is 47.0 Å². The largest absolute Gasteiger partial charge is 0.465 e. The van der Waals surface area contributed by atoms with Gasteiger partial charge in [-0.1, -0.05) is 11.3 Å². The average molecular weight is 298 g/mol. The number of nitrogens with one attached hydrogen (secondary N) is 1. The van der Waals surface area contributed by atoms with Crippen molar-refractivity contribution in [3.05, 3.63) is 11.1 Å². The molecule has 0 aliphatic heterocycles. The molecule has 1 saturated carbocycles. The molecule has 0 radical (unpaired) electrons. The Bertz CT molecular complexity index is 467. The molecule has 0 aromatic carbocycles. The van der Waals surface area contributed by atoms with Crippen LogP contribution in [0.4, 0.5) is 4.79 Å². The second-order valence-corrected chi connectivity index (χ2v) is 6.92. The number of aromatic nitrogens is 1. The molecule has 112 valence electrons. The van der Waals surface area contributed by atoms with E-state index in [4.69, 9.17) is 9.47 Å². The lowest BCUT2D eigenvalue weighted by Crippen LogP contribution is -2.44. The van der Waals surface area contributed by atoms with Gasteiger partial charge in [-0.2, -0.15) is 0 Å². The van der Waals surface area contributed by atoms with E-state index in [0.29, 0.717) is 5.19 Å². The highest BCUT2D eigenvalue weighted by atomic mass is 32.1. The maximum absolute atomic E-state index is 11.8. The first-order chi connectivity index (χ1) is 9.33. The van der Waals surface area contributed by atoms with Crippen molar-refractivity contribution >= 4 is 17.4 Å². The number of amides is 1. The highest BCUT2D eigenvalue weighted by Crippen LogP contribution is 2.27. The first kappa shape index (κ1) is 15.1. The van der Waals surface area contributed by atoms with E-state index in [-0.39, 0.29) is 18.2 Å². The summed E-state index contributed by atoms with van der Waals surface area (Å²) < 4.78 is 11.2. The molecule has 1 fully saturated rings. The molecular formula is C14H22N2O3S. The molecule has 1 aromatic heterocycles. The van der Waals surface area contributed by atoms with Crippen LogP contribution in [0.3, 0.4) is 0 Å². The molecule has 1 aliphatic rings. The van der Waals surface area contributed by atoms with Gasteiger partial charge in [-0.15, -0.1) is 0 Å². The summed E-state index contributed by atoms with van der Waals surface area (Å²) in [5, 5.41) is 5.53. The van der Waals surface area contributed by atoms with E-state index in [9.17, 15) is 4.79 Å². The van der Waals surface area contributed by atoms with Crippen molar-refractivity contribution in [3.8, 4) is 5.19 Å². The second-order valence-electron chi connectivity index (χ2n) is 6.09. The number of carbonyl (C=O) groups excluding carboxylic acids is 1. The fourth-order valence-corrected chi connectivity index (χ4v) is 2.91. The Labute approximate surface area is 123 Å². The number of alkyl carbamates (subject to hydrolysis) is 1. The number of rotatable bonds is 3. The minimum Gasteiger partial charge on any atom is -0.465 e. The van der Waals surface area contributed by atoms with E-state index in [1.54, 1.807) is 0 Å². The summed E-state index contributed by atoms with van der Waals surface area (Å²) in [7, 11) is 0. The van der Waals surface area contributed by atoms with Gasteiger partial charge in [0.15, 0.2) is 0 Å². The van der Waals surface area contributed by atoms with Gasteiger partial charge in [0.2, 0.25) is 0 Å².